The largest absolute Gasteiger partial charge is 0.486 e. The molecule has 0 unspecified atom stereocenters. The van der Waals surface area contributed by atoms with E-state index in [2.05, 4.69) is 4.72 Å². The zero-order valence-electron chi connectivity index (χ0n) is 15.9. The lowest BCUT2D eigenvalue weighted by Gasteiger charge is -2.30. The Balaban J connectivity index is 1.43. The Morgan fingerprint density at radius 1 is 1.03 bits per heavy atom. The molecule has 2 aromatic carbocycles. The van der Waals surface area contributed by atoms with Crippen molar-refractivity contribution in [3.8, 4) is 11.5 Å². The van der Waals surface area contributed by atoms with Crippen LogP contribution in [0.3, 0.4) is 0 Å². The molecule has 0 atom stereocenters. The van der Waals surface area contributed by atoms with Gasteiger partial charge in [0.25, 0.3) is 10.0 Å². The lowest BCUT2D eigenvalue weighted by molar-refractivity contribution is -0.119. The molecule has 1 N–H and O–H groups in total. The molecule has 8 heteroatoms. The molecular formula is C21H22N2O5S. The lowest BCUT2D eigenvalue weighted by atomic mass is 10.0. The van der Waals surface area contributed by atoms with Gasteiger partial charge in [0.1, 0.15) is 13.2 Å². The average molecular weight is 414 g/mol. The summed E-state index contributed by atoms with van der Waals surface area (Å²) in [6.45, 7) is 1.52. The summed E-state index contributed by atoms with van der Waals surface area (Å²) >= 11 is 0. The van der Waals surface area contributed by atoms with Crippen LogP contribution in [0.5, 0.6) is 11.5 Å². The number of nitrogens with one attached hydrogen (secondary N) is 1. The van der Waals surface area contributed by atoms with E-state index in [9.17, 15) is 13.2 Å². The number of nitrogens with zero attached hydrogens (tertiary/aromatic N) is 1. The first kappa shape index (κ1) is 18.3. The highest BCUT2D eigenvalue weighted by atomic mass is 32.2. The number of rotatable bonds is 4. The molecule has 2 aromatic rings. The summed E-state index contributed by atoms with van der Waals surface area (Å²) in [5, 5.41) is 0. The maximum atomic E-state index is 12.9. The van der Waals surface area contributed by atoms with Gasteiger partial charge in [-0.15, -0.1) is 0 Å². The molecule has 0 aromatic heterocycles. The number of amides is 1. The molecule has 1 amide bonds. The fourth-order valence-electron chi connectivity index (χ4n) is 3.82. The zero-order chi connectivity index (χ0) is 20.0. The third-order valence-corrected chi connectivity index (χ3v) is 6.85. The van der Waals surface area contributed by atoms with E-state index in [4.69, 9.17) is 9.47 Å². The molecule has 5 rings (SSSR count). The zero-order valence-corrected chi connectivity index (χ0v) is 16.7. The minimum absolute atomic E-state index is 0.102. The van der Waals surface area contributed by atoms with Crippen LogP contribution < -0.4 is 19.1 Å². The highest BCUT2D eigenvalue weighted by Gasteiger charge is 2.35. The smallest absolute Gasteiger partial charge is 0.262 e. The number of benzene rings is 2. The van der Waals surface area contributed by atoms with E-state index in [-0.39, 0.29) is 16.7 Å². The normalized spacial score (nSPS) is 18.1. The summed E-state index contributed by atoms with van der Waals surface area (Å²) in [5.41, 5.74) is 2.33. The van der Waals surface area contributed by atoms with Gasteiger partial charge in [0, 0.05) is 24.2 Å². The molecule has 0 radical (unpaired) electrons. The average Bonchev–Trinajstić information content (AvgIpc) is 3.57. The van der Waals surface area contributed by atoms with E-state index in [0.29, 0.717) is 36.9 Å². The third-order valence-electron chi connectivity index (χ3n) is 5.47. The molecule has 7 nitrogen and oxygen atoms in total. The van der Waals surface area contributed by atoms with Gasteiger partial charge in [-0.1, -0.05) is 6.07 Å². The number of fused-ring (bicyclic) bond motifs is 2. The van der Waals surface area contributed by atoms with Crippen LogP contribution in [-0.2, 0) is 21.2 Å². The van der Waals surface area contributed by atoms with Gasteiger partial charge in [0.15, 0.2) is 11.5 Å². The number of hydrogen-bond donors (Lipinski definition) is 1. The maximum absolute atomic E-state index is 12.9. The van der Waals surface area contributed by atoms with Crippen molar-refractivity contribution in [1.82, 2.24) is 0 Å². The van der Waals surface area contributed by atoms with Crippen LogP contribution in [0.1, 0.15) is 24.8 Å². The molecule has 2 heterocycles. The molecule has 0 bridgehead atoms. The molecule has 0 spiro atoms. The van der Waals surface area contributed by atoms with Crippen molar-refractivity contribution in [3.05, 3.63) is 42.0 Å². The van der Waals surface area contributed by atoms with Crippen molar-refractivity contribution in [2.24, 2.45) is 5.92 Å². The molecule has 29 heavy (non-hydrogen) atoms. The van der Waals surface area contributed by atoms with Crippen LogP contribution in [0.15, 0.2) is 41.3 Å². The van der Waals surface area contributed by atoms with Crippen LogP contribution >= 0.6 is 0 Å². The standard InChI is InChI=1S/C21H22N2O5S/c24-21(15-3-4-15)23-9-1-2-14-5-6-16(12-18(14)23)22-29(25,26)17-7-8-19-20(13-17)28-11-10-27-19/h5-8,12-13,15,22H,1-4,9-11H2. The number of anilines is 2. The Morgan fingerprint density at radius 3 is 2.62 bits per heavy atom. The van der Waals surface area contributed by atoms with Crippen molar-refractivity contribution in [1.29, 1.82) is 0 Å². The van der Waals surface area contributed by atoms with Crippen molar-refractivity contribution in [3.63, 3.8) is 0 Å². The van der Waals surface area contributed by atoms with E-state index in [1.54, 1.807) is 18.2 Å². The molecular weight excluding hydrogens is 392 g/mol. The lowest BCUT2D eigenvalue weighted by Crippen LogP contribution is -2.36. The molecule has 1 saturated carbocycles. The van der Waals surface area contributed by atoms with Crippen LogP contribution in [0.25, 0.3) is 0 Å². The topological polar surface area (TPSA) is 84.9 Å². The van der Waals surface area contributed by atoms with Crippen molar-refractivity contribution in [2.45, 2.75) is 30.6 Å². The van der Waals surface area contributed by atoms with E-state index in [1.807, 2.05) is 11.0 Å². The summed E-state index contributed by atoms with van der Waals surface area (Å²) in [7, 11) is -3.80. The van der Waals surface area contributed by atoms with E-state index in [0.717, 1.165) is 36.9 Å². The van der Waals surface area contributed by atoms with E-state index >= 15 is 0 Å². The van der Waals surface area contributed by atoms with Gasteiger partial charge in [0.05, 0.1) is 10.6 Å². The molecule has 1 aliphatic carbocycles. The fraction of sp³-hybridized carbons (Fsp3) is 0.381. The predicted octanol–water partition coefficient (Wildman–Crippen LogP) is 2.95. The molecule has 152 valence electrons. The monoisotopic (exact) mass is 414 g/mol. The Kier molecular flexibility index (Phi) is 4.38. The first-order chi connectivity index (χ1) is 14.0. The Bertz CT molecular complexity index is 1080. The molecule has 3 aliphatic rings. The van der Waals surface area contributed by atoms with Gasteiger partial charge in [-0.3, -0.25) is 9.52 Å². The van der Waals surface area contributed by atoms with Gasteiger partial charge in [-0.2, -0.15) is 0 Å². The summed E-state index contributed by atoms with van der Waals surface area (Å²) in [6.07, 6.45) is 3.70. The molecule has 2 aliphatic heterocycles. The Hall–Kier alpha value is -2.74. The highest BCUT2D eigenvalue weighted by molar-refractivity contribution is 7.92. The number of hydrogen-bond acceptors (Lipinski definition) is 5. The van der Waals surface area contributed by atoms with Gasteiger partial charge in [-0.05, 0) is 55.5 Å². The number of carbonyl (C=O) groups excluding carboxylic acids is 1. The van der Waals surface area contributed by atoms with Gasteiger partial charge < -0.3 is 14.4 Å². The van der Waals surface area contributed by atoms with Crippen molar-refractivity contribution in [2.75, 3.05) is 29.4 Å². The molecule has 1 fully saturated rings. The Morgan fingerprint density at radius 2 is 1.83 bits per heavy atom. The second-order valence-corrected chi connectivity index (χ2v) is 9.30. The first-order valence-electron chi connectivity index (χ1n) is 9.88. The minimum atomic E-state index is -3.80. The van der Waals surface area contributed by atoms with Gasteiger partial charge in [0.2, 0.25) is 5.91 Å². The van der Waals surface area contributed by atoms with Gasteiger partial charge >= 0.3 is 0 Å². The Labute approximate surface area is 169 Å². The third kappa shape index (κ3) is 3.53. The first-order valence-corrected chi connectivity index (χ1v) is 11.4. The fourth-order valence-corrected chi connectivity index (χ4v) is 4.89. The van der Waals surface area contributed by atoms with Crippen LogP contribution in [0, 0.1) is 5.92 Å². The second-order valence-electron chi connectivity index (χ2n) is 7.62. The quantitative estimate of drug-likeness (QED) is 0.832. The summed E-state index contributed by atoms with van der Waals surface area (Å²) in [6, 6.07) is 9.99. The number of aryl methyl sites for hydroxylation is 1. The van der Waals surface area contributed by atoms with Crippen LogP contribution in [0.4, 0.5) is 11.4 Å². The van der Waals surface area contributed by atoms with Crippen molar-refractivity contribution >= 4 is 27.3 Å². The van der Waals surface area contributed by atoms with Gasteiger partial charge in [-0.25, -0.2) is 8.42 Å². The summed E-state index contributed by atoms with van der Waals surface area (Å²) < 4.78 is 39.4. The predicted molar refractivity (Wildman–Crippen MR) is 108 cm³/mol. The van der Waals surface area contributed by atoms with E-state index < -0.39 is 10.0 Å². The highest BCUT2D eigenvalue weighted by Crippen LogP contribution is 2.37. The summed E-state index contributed by atoms with van der Waals surface area (Å²) in [5.74, 6) is 1.24. The van der Waals surface area contributed by atoms with Crippen LogP contribution in [0.2, 0.25) is 0 Å². The SMILES string of the molecule is O=C(C1CC1)N1CCCc2ccc(NS(=O)(=O)c3ccc4c(c3)OCCO4)cc21. The van der Waals surface area contributed by atoms with Crippen molar-refractivity contribution < 1.29 is 22.7 Å². The summed E-state index contributed by atoms with van der Waals surface area (Å²) in [4.78, 5) is 14.6. The van der Waals surface area contributed by atoms with E-state index in [1.165, 1.54) is 12.1 Å². The second kappa shape index (κ2) is 6.95. The maximum Gasteiger partial charge on any atom is 0.262 e. The number of sulfonamides is 1. The van der Waals surface area contributed by atoms with Crippen LogP contribution in [-0.4, -0.2) is 34.1 Å². The molecule has 0 saturated heterocycles. The number of carbonyl (C=O) groups is 1. The minimum Gasteiger partial charge on any atom is -0.486 e. The number of ether oxygens (including phenoxy) is 2.